The summed E-state index contributed by atoms with van der Waals surface area (Å²) in [5.74, 6) is 0. The van der Waals surface area contributed by atoms with Gasteiger partial charge in [-0.15, -0.1) is 0 Å². The van der Waals surface area contributed by atoms with Crippen LogP contribution in [-0.2, 0) is 6.54 Å². The van der Waals surface area contributed by atoms with Crippen molar-refractivity contribution in [2.75, 3.05) is 19.0 Å². The van der Waals surface area contributed by atoms with Crippen LogP contribution in [0.4, 0.5) is 11.4 Å². The van der Waals surface area contributed by atoms with Gasteiger partial charge in [0, 0.05) is 42.4 Å². The normalized spacial score (nSPS) is 10.5. The highest BCUT2D eigenvalue weighted by molar-refractivity contribution is 5.65. The van der Waals surface area contributed by atoms with Crippen molar-refractivity contribution < 1.29 is 0 Å². The van der Waals surface area contributed by atoms with E-state index in [1.807, 2.05) is 20.2 Å². The Morgan fingerprint density at radius 1 is 1.16 bits per heavy atom. The molecule has 1 aromatic heterocycles. The molecule has 3 nitrogen and oxygen atoms in total. The van der Waals surface area contributed by atoms with Crippen molar-refractivity contribution in [3.8, 4) is 0 Å². The molecule has 0 bridgehead atoms. The van der Waals surface area contributed by atoms with Crippen LogP contribution >= 0.6 is 0 Å². The van der Waals surface area contributed by atoms with E-state index < -0.39 is 0 Å². The zero-order valence-corrected chi connectivity index (χ0v) is 12.1. The smallest absolute Gasteiger partial charge is 0.0487 e. The molecule has 3 heteroatoms. The third kappa shape index (κ3) is 3.12. The van der Waals surface area contributed by atoms with Gasteiger partial charge >= 0.3 is 0 Å². The lowest BCUT2D eigenvalue weighted by molar-refractivity contribution is 0.810. The first-order chi connectivity index (χ1) is 9.11. The van der Waals surface area contributed by atoms with Gasteiger partial charge in [0.2, 0.25) is 0 Å². The number of hydrogen-bond donors (Lipinski definition) is 1. The van der Waals surface area contributed by atoms with E-state index in [0.29, 0.717) is 0 Å². The van der Waals surface area contributed by atoms with E-state index in [-0.39, 0.29) is 0 Å². The lowest BCUT2D eigenvalue weighted by atomic mass is 10.1. The van der Waals surface area contributed by atoms with Crippen LogP contribution < -0.4 is 10.2 Å². The number of aromatic nitrogens is 1. The first kappa shape index (κ1) is 13.6. The van der Waals surface area contributed by atoms with Gasteiger partial charge < -0.3 is 10.2 Å². The predicted molar refractivity (Wildman–Crippen MR) is 81.0 cm³/mol. The molecule has 0 atom stereocenters. The van der Waals surface area contributed by atoms with Gasteiger partial charge in [-0.25, -0.2) is 0 Å². The van der Waals surface area contributed by atoms with Crippen LogP contribution in [-0.4, -0.2) is 19.1 Å². The highest BCUT2D eigenvalue weighted by Gasteiger charge is 2.09. The van der Waals surface area contributed by atoms with Crippen LogP contribution in [0.15, 0.2) is 36.5 Å². The standard InChI is InChI=1S/C16H21N3/c1-12-5-7-15(8-6-12)19(4)16-9-13(2)18-11-14(16)10-17-3/h5-9,11,17H,10H2,1-4H3. The van der Waals surface area contributed by atoms with Gasteiger partial charge in [-0.05, 0) is 39.1 Å². The third-order valence-corrected chi connectivity index (χ3v) is 3.25. The molecule has 0 fully saturated rings. The molecular formula is C16H21N3. The number of hydrogen-bond acceptors (Lipinski definition) is 3. The van der Waals surface area contributed by atoms with E-state index >= 15 is 0 Å². The van der Waals surface area contributed by atoms with Crippen LogP contribution in [0.2, 0.25) is 0 Å². The first-order valence-electron chi connectivity index (χ1n) is 6.52. The summed E-state index contributed by atoms with van der Waals surface area (Å²) in [6, 6.07) is 10.7. The lowest BCUT2D eigenvalue weighted by Gasteiger charge is -2.23. The average molecular weight is 255 g/mol. The molecular weight excluding hydrogens is 234 g/mol. The monoisotopic (exact) mass is 255 g/mol. The fraction of sp³-hybridized carbons (Fsp3) is 0.312. The van der Waals surface area contributed by atoms with Crippen molar-refractivity contribution in [3.63, 3.8) is 0 Å². The number of nitrogens with one attached hydrogen (secondary N) is 1. The van der Waals surface area contributed by atoms with Crippen LogP contribution in [0, 0.1) is 13.8 Å². The van der Waals surface area contributed by atoms with E-state index in [4.69, 9.17) is 0 Å². The molecule has 0 aliphatic rings. The summed E-state index contributed by atoms with van der Waals surface area (Å²) in [5.41, 5.74) is 5.91. The molecule has 0 saturated carbocycles. The predicted octanol–water partition coefficient (Wildman–Crippen LogP) is 3.19. The molecule has 0 unspecified atom stereocenters. The minimum atomic E-state index is 0.818. The Kier molecular flexibility index (Phi) is 4.17. The highest BCUT2D eigenvalue weighted by atomic mass is 15.1. The molecule has 100 valence electrons. The summed E-state index contributed by atoms with van der Waals surface area (Å²) in [4.78, 5) is 6.59. The maximum absolute atomic E-state index is 4.38. The molecule has 1 heterocycles. The van der Waals surface area contributed by atoms with E-state index in [1.54, 1.807) is 0 Å². The summed E-state index contributed by atoms with van der Waals surface area (Å²) < 4.78 is 0. The van der Waals surface area contributed by atoms with Crippen molar-refractivity contribution in [2.45, 2.75) is 20.4 Å². The quantitative estimate of drug-likeness (QED) is 0.909. The van der Waals surface area contributed by atoms with Gasteiger partial charge in [-0.1, -0.05) is 17.7 Å². The van der Waals surface area contributed by atoms with Crippen LogP contribution in [0.3, 0.4) is 0 Å². The van der Waals surface area contributed by atoms with E-state index in [0.717, 1.165) is 12.2 Å². The van der Waals surface area contributed by atoms with Gasteiger partial charge in [-0.3, -0.25) is 4.98 Å². The molecule has 0 radical (unpaired) electrons. The molecule has 0 aliphatic heterocycles. The first-order valence-corrected chi connectivity index (χ1v) is 6.52. The molecule has 0 spiro atoms. The average Bonchev–Trinajstić information content (AvgIpc) is 2.41. The number of nitrogens with zero attached hydrogens (tertiary/aromatic N) is 2. The number of anilines is 2. The fourth-order valence-electron chi connectivity index (χ4n) is 2.12. The lowest BCUT2D eigenvalue weighted by Crippen LogP contribution is -2.15. The zero-order valence-electron chi connectivity index (χ0n) is 12.1. The van der Waals surface area contributed by atoms with Crippen LogP contribution in [0.5, 0.6) is 0 Å². The molecule has 1 N–H and O–H groups in total. The number of pyridine rings is 1. The number of rotatable bonds is 4. The molecule has 1 aromatic carbocycles. The van der Waals surface area contributed by atoms with Crippen molar-refractivity contribution in [1.29, 1.82) is 0 Å². The van der Waals surface area contributed by atoms with E-state index in [1.165, 1.54) is 22.5 Å². The topological polar surface area (TPSA) is 28.2 Å². The Balaban J connectivity index is 2.39. The second-order valence-electron chi connectivity index (χ2n) is 4.88. The minimum Gasteiger partial charge on any atom is -0.344 e. The summed E-state index contributed by atoms with van der Waals surface area (Å²) in [6.07, 6.45) is 1.95. The second-order valence-corrected chi connectivity index (χ2v) is 4.88. The largest absolute Gasteiger partial charge is 0.344 e. The minimum absolute atomic E-state index is 0.818. The maximum atomic E-state index is 4.38. The van der Waals surface area contributed by atoms with Crippen molar-refractivity contribution >= 4 is 11.4 Å². The van der Waals surface area contributed by atoms with E-state index in [2.05, 4.69) is 59.5 Å². The Bertz CT molecular complexity index is 546. The maximum Gasteiger partial charge on any atom is 0.0487 e. The highest BCUT2D eigenvalue weighted by Crippen LogP contribution is 2.27. The van der Waals surface area contributed by atoms with Crippen molar-refractivity contribution in [3.05, 3.63) is 53.3 Å². The van der Waals surface area contributed by atoms with E-state index in [9.17, 15) is 0 Å². The number of aryl methyl sites for hydroxylation is 2. The molecule has 0 amide bonds. The summed E-state index contributed by atoms with van der Waals surface area (Å²) >= 11 is 0. The fourth-order valence-corrected chi connectivity index (χ4v) is 2.12. The third-order valence-electron chi connectivity index (χ3n) is 3.25. The van der Waals surface area contributed by atoms with Gasteiger partial charge in [-0.2, -0.15) is 0 Å². The van der Waals surface area contributed by atoms with Gasteiger partial charge in [0.05, 0.1) is 0 Å². The van der Waals surface area contributed by atoms with Crippen LogP contribution in [0.1, 0.15) is 16.8 Å². The summed E-state index contributed by atoms with van der Waals surface area (Å²) in [6.45, 7) is 4.95. The van der Waals surface area contributed by atoms with Crippen molar-refractivity contribution in [2.24, 2.45) is 0 Å². The Morgan fingerprint density at radius 3 is 2.47 bits per heavy atom. The molecule has 19 heavy (non-hydrogen) atoms. The number of benzene rings is 1. The molecule has 2 rings (SSSR count). The second kappa shape index (κ2) is 5.85. The Hall–Kier alpha value is -1.87. The molecule has 0 aliphatic carbocycles. The van der Waals surface area contributed by atoms with Gasteiger partial charge in [0.1, 0.15) is 0 Å². The van der Waals surface area contributed by atoms with Gasteiger partial charge in [0.15, 0.2) is 0 Å². The zero-order chi connectivity index (χ0) is 13.8. The van der Waals surface area contributed by atoms with Gasteiger partial charge in [0.25, 0.3) is 0 Å². The SMILES string of the molecule is CNCc1cnc(C)cc1N(C)c1ccc(C)cc1. The van der Waals surface area contributed by atoms with Crippen molar-refractivity contribution in [1.82, 2.24) is 10.3 Å². The molecule has 2 aromatic rings. The Morgan fingerprint density at radius 2 is 1.84 bits per heavy atom. The summed E-state index contributed by atoms with van der Waals surface area (Å²) in [7, 11) is 4.05. The summed E-state index contributed by atoms with van der Waals surface area (Å²) in [5, 5.41) is 3.19. The van der Waals surface area contributed by atoms with Crippen LogP contribution in [0.25, 0.3) is 0 Å². The Labute approximate surface area is 115 Å². The molecule has 0 saturated heterocycles.